The average Bonchev–Trinajstić information content (AvgIpc) is 3.43. The third-order valence-corrected chi connectivity index (χ3v) is 7.51. The van der Waals surface area contributed by atoms with Gasteiger partial charge in [0.25, 0.3) is 0 Å². The summed E-state index contributed by atoms with van der Waals surface area (Å²) in [6.07, 6.45) is 6.21. The molecule has 2 aromatic carbocycles. The number of allylic oxidation sites excluding steroid dienone is 2. The second-order valence-electron chi connectivity index (χ2n) is 8.79. The van der Waals surface area contributed by atoms with E-state index in [1.54, 1.807) is 6.08 Å². The lowest BCUT2D eigenvalue weighted by Crippen LogP contribution is -2.25. The van der Waals surface area contributed by atoms with Gasteiger partial charge in [-0.3, -0.25) is 4.79 Å². The topological polar surface area (TPSA) is 47.9 Å². The van der Waals surface area contributed by atoms with Gasteiger partial charge >= 0.3 is 0 Å². The van der Waals surface area contributed by atoms with Crippen molar-refractivity contribution in [3.8, 4) is 5.75 Å². The van der Waals surface area contributed by atoms with Crippen LogP contribution in [0.15, 0.2) is 41.4 Å². The van der Waals surface area contributed by atoms with Crippen LogP contribution in [0.2, 0.25) is 10.0 Å². The van der Waals surface area contributed by atoms with Crippen LogP contribution >= 0.6 is 23.2 Å². The first kappa shape index (κ1) is 21.5. The number of nitrogens with zero attached hydrogens (tertiary/aromatic N) is 1. The van der Waals surface area contributed by atoms with Crippen molar-refractivity contribution in [3.63, 3.8) is 0 Å². The van der Waals surface area contributed by atoms with Gasteiger partial charge < -0.3 is 9.47 Å². The fourth-order valence-electron chi connectivity index (χ4n) is 5.25. The molecule has 166 valence electrons. The highest BCUT2D eigenvalue weighted by atomic mass is 35.5. The van der Waals surface area contributed by atoms with E-state index < -0.39 is 0 Å². The number of rotatable bonds is 6. The minimum absolute atomic E-state index is 0.0209. The molecule has 1 atom stereocenters. The summed E-state index contributed by atoms with van der Waals surface area (Å²) in [6, 6.07) is 9.99. The molecule has 0 aromatic heterocycles. The second kappa shape index (κ2) is 8.57. The molecule has 2 aliphatic carbocycles. The Bertz CT molecular complexity index is 1150. The van der Waals surface area contributed by atoms with Crippen LogP contribution in [0, 0.1) is 5.41 Å². The highest BCUT2D eigenvalue weighted by molar-refractivity contribution is 6.44. The fourth-order valence-corrected chi connectivity index (χ4v) is 5.77. The van der Waals surface area contributed by atoms with Crippen LogP contribution in [0.1, 0.15) is 54.9 Å². The maximum Gasteiger partial charge on any atom is 0.216 e. The van der Waals surface area contributed by atoms with Gasteiger partial charge in [0.05, 0.1) is 11.6 Å². The van der Waals surface area contributed by atoms with Crippen molar-refractivity contribution in [1.82, 2.24) is 0 Å². The predicted octanol–water partition coefficient (Wildman–Crippen LogP) is 6.44. The molecule has 0 amide bonds. The predicted molar refractivity (Wildman–Crippen MR) is 128 cm³/mol. The number of ketones is 1. The lowest BCUT2D eigenvalue weighted by atomic mass is 9.70. The summed E-state index contributed by atoms with van der Waals surface area (Å²) in [5, 5.41) is 0.886. The van der Waals surface area contributed by atoms with E-state index in [1.165, 1.54) is 0 Å². The van der Waals surface area contributed by atoms with Crippen molar-refractivity contribution in [1.29, 1.82) is 0 Å². The quantitative estimate of drug-likeness (QED) is 0.488. The normalized spacial score (nSPS) is 21.5. The first-order valence-electron chi connectivity index (χ1n) is 11.2. The summed E-state index contributed by atoms with van der Waals surface area (Å²) in [7, 11) is 0. The number of fused-ring (bicyclic) bond motifs is 3. The Hall–Kier alpha value is -2.30. The molecule has 0 fully saturated rings. The number of hydrogen-bond acceptors (Lipinski definition) is 4. The molecule has 4 nitrogen and oxygen atoms in total. The monoisotopic (exact) mass is 469 g/mol. The Morgan fingerprint density at radius 3 is 2.88 bits per heavy atom. The number of carbonyl (C=O) groups is 1. The van der Waals surface area contributed by atoms with Crippen LogP contribution in [-0.4, -0.2) is 24.8 Å². The zero-order chi connectivity index (χ0) is 22.3. The maximum absolute atomic E-state index is 12.2. The molecule has 5 rings (SSSR count). The van der Waals surface area contributed by atoms with Gasteiger partial charge in [-0.05, 0) is 60.2 Å². The molecule has 1 unspecified atom stereocenters. The first-order chi connectivity index (χ1) is 15.5. The highest BCUT2D eigenvalue weighted by Crippen LogP contribution is 2.58. The molecular weight excluding hydrogens is 445 g/mol. The molecule has 0 saturated carbocycles. The summed E-state index contributed by atoms with van der Waals surface area (Å²) in [5.41, 5.74) is 5.04. The number of ether oxygens (including phenoxy) is 2. The SMILES string of the molecule is CCCC12CCC(=O)C=C1c1c(cc(OCc3cccc(C4=NCCO4)c3)c(Cl)c1Cl)C2. The lowest BCUT2D eigenvalue weighted by molar-refractivity contribution is -0.115. The first-order valence-corrected chi connectivity index (χ1v) is 11.9. The number of carbonyl (C=O) groups excluding carboxylic acids is 1. The molecule has 0 saturated heterocycles. The summed E-state index contributed by atoms with van der Waals surface area (Å²) < 4.78 is 11.7. The van der Waals surface area contributed by atoms with Crippen molar-refractivity contribution < 1.29 is 14.3 Å². The van der Waals surface area contributed by atoms with Crippen molar-refractivity contribution in [3.05, 3.63) is 68.7 Å². The van der Waals surface area contributed by atoms with E-state index in [4.69, 9.17) is 32.7 Å². The minimum atomic E-state index is -0.0209. The summed E-state index contributed by atoms with van der Waals surface area (Å²) in [4.78, 5) is 16.6. The van der Waals surface area contributed by atoms with E-state index in [2.05, 4.69) is 11.9 Å². The highest BCUT2D eigenvalue weighted by Gasteiger charge is 2.45. The van der Waals surface area contributed by atoms with Crippen LogP contribution in [0.5, 0.6) is 5.75 Å². The molecule has 0 radical (unpaired) electrons. The molecular formula is C26H25Cl2NO3. The molecule has 6 heteroatoms. The molecule has 1 heterocycles. The number of hydrogen-bond donors (Lipinski definition) is 0. The molecule has 1 aliphatic heterocycles. The maximum atomic E-state index is 12.2. The summed E-state index contributed by atoms with van der Waals surface area (Å²) in [6.45, 7) is 3.87. The average molecular weight is 470 g/mol. The van der Waals surface area contributed by atoms with Gasteiger partial charge in [0.1, 0.15) is 24.0 Å². The van der Waals surface area contributed by atoms with Crippen LogP contribution in [0.4, 0.5) is 0 Å². The smallest absolute Gasteiger partial charge is 0.216 e. The Kier molecular flexibility index (Phi) is 5.77. The van der Waals surface area contributed by atoms with Gasteiger partial charge in [-0.25, -0.2) is 4.99 Å². The minimum Gasteiger partial charge on any atom is -0.487 e. The van der Waals surface area contributed by atoms with Crippen molar-refractivity contribution in [2.24, 2.45) is 10.4 Å². The second-order valence-corrected chi connectivity index (χ2v) is 9.55. The third-order valence-electron chi connectivity index (χ3n) is 6.66. The Balaban J connectivity index is 1.43. The van der Waals surface area contributed by atoms with E-state index in [1.807, 2.05) is 30.3 Å². The van der Waals surface area contributed by atoms with E-state index in [9.17, 15) is 4.79 Å². The molecule has 32 heavy (non-hydrogen) atoms. The van der Waals surface area contributed by atoms with Gasteiger partial charge in [0.15, 0.2) is 5.78 Å². The molecule has 0 N–H and O–H groups in total. The van der Waals surface area contributed by atoms with Crippen molar-refractivity contribution in [2.75, 3.05) is 13.2 Å². The molecule has 0 spiro atoms. The largest absolute Gasteiger partial charge is 0.487 e. The van der Waals surface area contributed by atoms with Gasteiger partial charge in [-0.15, -0.1) is 0 Å². The van der Waals surface area contributed by atoms with Crippen molar-refractivity contribution in [2.45, 2.75) is 45.6 Å². The zero-order valence-electron chi connectivity index (χ0n) is 18.0. The van der Waals surface area contributed by atoms with E-state index in [-0.39, 0.29) is 11.2 Å². The number of benzene rings is 2. The number of aliphatic imine (C=N–C) groups is 1. The van der Waals surface area contributed by atoms with Crippen LogP contribution in [0.25, 0.3) is 5.57 Å². The molecule has 2 aromatic rings. The van der Waals surface area contributed by atoms with Crippen LogP contribution < -0.4 is 4.74 Å². The van der Waals surface area contributed by atoms with Crippen LogP contribution in [-0.2, 0) is 22.6 Å². The summed E-state index contributed by atoms with van der Waals surface area (Å²) >= 11 is 13.4. The van der Waals surface area contributed by atoms with Gasteiger partial charge in [0.2, 0.25) is 5.90 Å². The zero-order valence-corrected chi connectivity index (χ0v) is 19.6. The van der Waals surface area contributed by atoms with Gasteiger partial charge in [-0.2, -0.15) is 0 Å². The van der Waals surface area contributed by atoms with E-state index >= 15 is 0 Å². The Labute approximate surface area is 198 Å². The Morgan fingerprint density at radius 1 is 1.22 bits per heavy atom. The van der Waals surface area contributed by atoms with E-state index in [0.29, 0.717) is 47.9 Å². The number of halogens is 2. The van der Waals surface area contributed by atoms with Crippen molar-refractivity contribution >= 4 is 40.5 Å². The lowest BCUT2D eigenvalue weighted by Gasteiger charge is -2.33. The molecule has 0 bridgehead atoms. The molecule has 3 aliphatic rings. The third kappa shape index (κ3) is 3.74. The van der Waals surface area contributed by atoms with Gasteiger partial charge in [0, 0.05) is 23.0 Å². The Morgan fingerprint density at radius 2 is 2.09 bits per heavy atom. The standard InChI is InChI=1S/C26H25Cl2NO3/c1-2-7-26-8-6-19(30)13-20(26)22-18(14-26)12-21(23(27)24(22)28)32-15-16-4-3-5-17(11-16)25-29-9-10-31-25/h3-5,11-13H,2,6-10,14-15H2,1H3. The van der Waals surface area contributed by atoms with Crippen LogP contribution in [0.3, 0.4) is 0 Å². The fraction of sp³-hybridized carbons (Fsp3) is 0.385. The summed E-state index contributed by atoms with van der Waals surface area (Å²) in [5.74, 6) is 1.42. The van der Waals surface area contributed by atoms with Gasteiger partial charge in [-0.1, -0.05) is 48.7 Å². The van der Waals surface area contributed by atoms with E-state index in [0.717, 1.165) is 53.5 Å².